The van der Waals surface area contributed by atoms with Gasteiger partial charge in [0.15, 0.2) is 0 Å². The van der Waals surface area contributed by atoms with Crippen LogP contribution in [0.5, 0.6) is 0 Å². The molecule has 6 heteroatoms. The van der Waals surface area contributed by atoms with Gasteiger partial charge in [-0.2, -0.15) is 5.26 Å². The zero-order valence-corrected chi connectivity index (χ0v) is 13.9. The van der Waals surface area contributed by atoms with E-state index >= 15 is 0 Å². The summed E-state index contributed by atoms with van der Waals surface area (Å²) in [7, 11) is 0. The Kier molecular flexibility index (Phi) is 4.52. The second-order valence-electron chi connectivity index (χ2n) is 6.06. The van der Waals surface area contributed by atoms with Crippen molar-refractivity contribution < 1.29 is 9.21 Å². The molecule has 6 nitrogen and oxygen atoms in total. The normalized spacial score (nSPS) is 15.1. The monoisotopic (exact) mass is 324 g/mol. The molecule has 0 aromatic carbocycles. The number of rotatable bonds is 3. The van der Waals surface area contributed by atoms with Gasteiger partial charge in [0.25, 0.3) is 5.91 Å². The Morgan fingerprint density at radius 1 is 1.38 bits per heavy atom. The molecule has 2 aromatic heterocycles. The van der Waals surface area contributed by atoms with Gasteiger partial charge >= 0.3 is 0 Å². The van der Waals surface area contributed by atoms with Crippen molar-refractivity contribution in [3.8, 4) is 6.07 Å². The molecule has 0 spiro atoms. The van der Waals surface area contributed by atoms with Crippen LogP contribution in [-0.2, 0) is 0 Å². The van der Waals surface area contributed by atoms with Crippen LogP contribution in [0.1, 0.15) is 40.1 Å². The standard InChI is InChI=1S/C18H20N4O2/c1-12-3-7-20-17(16(12)11-19)22-8-4-14(5-9-22)21-18(23)15-6-10-24-13(15)2/h3,6-7,10,14H,4-5,8-9H2,1-2H3,(H,21,23). The second kappa shape index (κ2) is 6.75. The van der Waals surface area contributed by atoms with E-state index in [4.69, 9.17) is 4.42 Å². The number of amides is 1. The predicted octanol–water partition coefficient (Wildman–Crippen LogP) is 2.56. The Morgan fingerprint density at radius 2 is 2.12 bits per heavy atom. The molecule has 3 heterocycles. The number of anilines is 1. The van der Waals surface area contributed by atoms with E-state index in [1.165, 1.54) is 6.26 Å². The summed E-state index contributed by atoms with van der Waals surface area (Å²) in [6, 6.07) is 5.91. The van der Waals surface area contributed by atoms with Crippen molar-refractivity contribution in [3.63, 3.8) is 0 Å². The van der Waals surface area contributed by atoms with Gasteiger partial charge in [0.1, 0.15) is 17.6 Å². The number of nitriles is 1. The number of nitrogens with one attached hydrogen (secondary N) is 1. The smallest absolute Gasteiger partial charge is 0.255 e. The predicted molar refractivity (Wildman–Crippen MR) is 89.8 cm³/mol. The molecular formula is C18H20N4O2. The van der Waals surface area contributed by atoms with Gasteiger partial charge in [0, 0.05) is 25.3 Å². The van der Waals surface area contributed by atoms with E-state index in [1.807, 2.05) is 13.0 Å². The minimum atomic E-state index is -0.0916. The first kappa shape index (κ1) is 16.1. The van der Waals surface area contributed by atoms with Gasteiger partial charge in [-0.15, -0.1) is 0 Å². The topological polar surface area (TPSA) is 82.2 Å². The maximum atomic E-state index is 12.3. The highest BCUT2D eigenvalue weighted by Gasteiger charge is 2.24. The maximum absolute atomic E-state index is 12.3. The molecule has 1 N–H and O–H groups in total. The van der Waals surface area contributed by atoms with Gasteiger partial charge in [0.05, 0.1) is 17.4 Å². The third-order valence-corrected chi connectivity index (χ3v) is 4.48. The van der Waals surface area contributed by atoms with Crippen molar-refractivity contribution in [2.75, 3.05) is 18.0 Å². The van der Waals surface area contributed by atoms with Crippen molar-refractivity contribution >= 4 is 11.7 Å². The number of carbonyl (C=O) groups is 1. The van der Waals surface area contributed by atoms with Crippen LogP contribution in [0.15, 0.2) is 29.0 Å². The van der Waals surface area contributed by atoms with Gasteiger partial charge < -0.3 is 14.6 Å². The van der Waals surface area contributed by atoms with Crippen LogP contribution in [0.4, 0.5) is 5.82 Å². The van der Waals surface area contributed by atoms with E-state index in [0.717, 1.165) is 37.3 Å². The van der Waals surface area contributed by atoms with Crippen molar-refractivity contribution in [1.82, 2.24) is 10.3 Å². The lowest BCUT2D eigenvalue weighted by molar-refractivity contribution is 0.0929. The van der Waals surface area contributed by atoms with E-state index < -0.39 is 0 Å². The summed E-state index contributed by atoms with van der Waals surface area (Å²) >= 11 is 0. The van der Waals surface area contributed by atoms with Crippen LogP contribution < -0.4 is 10.2 Å². The number of nitrogens with zero attached hydrogens (tertiary/aromatic N) is 3. The average molecular weight is 324 g/mol. The van der Waals surface area contributed by atoms with Crippen LogP contribution >= 0.6 is 0 Å². The summed E-state index contributed by atoms with van der Waals surface area (Å²) in [4.78, 5) is 18.7. The number of pyridine rings is 1. The van der Waals surface area contributed by atoms with Gasteiger partial charge in [-0.3, -0.25) is 4.79 Å². The third-order valence-electron chi connectivity index (χ3n) is 4.48. The summed E-state index contributed by atoms with van der Waals surface area (Å²) in [6.45, 7) is 5.23. The fraction of sp³-hybridized carbons (Fsp3) is 0.389. The zero-order valence-electron chi connectivity index (χ0n) is 13.9. The number of furan rings is 1. The van der Waals surface area contributed by atoms with Crippen molar-refractivity contribution in [2.45, 2.75) is 32.7 Å². The first-order chi connectivity index (χ1) is 11.6. The van der Waals surface area contributed by atoms with Crippen LogP contribution in [0.25, 0.3) is 0 Å². The number of aromatic nitrogens is 1. The zero-order chi connectivity index (χ0) is 17.1. The Bertz CT molecular complexity index is 783. The molecule has 24 heavy (non-hydrogen) atoms. The van der Waals surface area contributed by atoms with Crippen molar-refractivity contribution in [1.29, 1.82) is 5.26 Å². The van der Waals surface area contributed by atoms with E-state index in [2.05, 4.69) is 21.3 Å². The Morgan fingerprint density at radius 3 is 2.75 bits per heavy atom. The third kappa shape index (κ3) is 3.11. The van der Waals surface area contributed by atoms with E-state index in [1.54, 1.807) is 19.2 Å². The summed E-state index contributed by atoms with van der Waals surface area (Å²) in [5, 5.41) is 12.4. The Hall–Kier alpha value is -2.81. The summed E-state index contributed by atoms with van der Waals surface area (Å²) < 4.78 is 5.18. The van der Waals surface area contributed by atoms with Gasteiger partial charge in [-0.1, -0.05) is 0 Å². The number of piperidine rings is 1. The summed E-state index contributed by atoms with van der Waals surface area (Å²) in [5.41, 5.74) is 2.16. The van der Waals surface area contributed by atoms with Crippen LogP contribution in [0, 0.1) is 25.2 Å². The Labute approximate surface area is 141 Å². The average Bonchev–Trinajstić information content (AvgIpc) is 3.01. The lowest BCUT2D eigenvalue weighted by atomic mass is 10.0. The van der Waals surface area contributed by atoms with Crippen molar-refractivity contribution in [2.24, 2.45) is 0 Å². The van der Waals surface area contributed by atoms with Gasteiger partial charge in [-0.05, 0) is 44.4 Å². The molecule has 0 atom stereocenters. The molecule has 3 rings (SSSR count). The molecule has 1 amide bonds. The number of hydrogen-bond acceptors (Lipinski definition) is 5. The quantitative estimate of drug-likeness (QED) is 0.938. The minimum absolute atomic E-state index is 0.0916. The molecule has 0 aliphatic carbocycles. The summed E-state index contributed by atoms with van der Waals surface area (Å²) in [6.07, 6.45) is 4.91. The molecule has 124 valence electrons. The highest BCUT2D eigenvalue weighted by Crippen LogP contribution is 2.23. The summed E-state index contributed by atoms with van der Waals surface area (Å²) in [5.74, 6) is 1.28. The van der Waals surface area contributed by atoms with E-state index in [9.17, 15) is 10.1 Å². The number of hydrogen-bond donors (Lipinski definition) is 1. The molecule has 0 bridgehead atoms. The molecule has 2 aromatic rings. The maximum Gasteiger partial charge on any atom is 0.255 e. The molecule has 1 aliphatic rings. The lowest BCUT2D eigenvalue weighted by Crippen LogP contribution is -2.45. The molecular weight excluding hydrogens is 304 g/mol. The fourth-order valence-electron chi connectivity index (χ4n) is 3.04. The second-order valence-corrected chi connectivity index (χ2v) is 6.06. The first-order valence-corrected chi connectivity index (χ1v) is 8.05. The van der Waals surface area contributed by atoms with Crippen molar-refractivity contribution in [3.05, 3.63) is 47.0 Å². The molecule has 0 radical (unpaired) electrons. The van der Waals surface area contributed by atoms with Gasteiger partial charge in [0.2, 0.25) is 0 Å². The highest BCUT2D eigenvalue weighted by molar-refractivity contribution is 5.95. The molecule has 1 aliphatic heterocycles. The SMILES string of the molecule is Cc1ccnc(N2CCC(NC(=O)c3ccoc3C)CC2)c1C#N. The molecule has 0 unspecified atom stereocenters. The molecule has 0 saturated carbocycles. The highest BCUT2D eigenvalue weighted by atomic mass is 16.3. The van der Waals surface area contributed by atoms with Crippen LogP contribution in [-0.4, -0.2) is 30.0 Å². The minimum Gasteiger partial charge on any atom is -0.469 e. The lowest BCUT2D eigenvalue weighted by Gasteiger charge is -2.33. The number of aryl methyl sites for hydroxylation is 2. The van der Waals surface area contributed by atoms with Crippen LogP contribution in [0.2, 0.25) is 0 Å². The molecule has 1 saturated heterocycles. The Balaban J connectivity index is 1.63. The van der Waals surface area contributed by atoms with Crippen LogP contribution in [0.3, 0.4) is 0 Å². The van der Waals surface area contributed by atoms with Gasteiger partial charge in [-0.25, -0.2) is 4.98 Å². The fourth-order valence-corrected chi connectivity index (χ4v) is 3.04. The number of carbonyl (C=O) groups excluding carboxylic acids is 1. The van der Waals surface area contributed by atoms with E-state index in [0.29, 0.717) is 16.9 Å². The van der Waals surface area contributed by atoms with E-state index in [-0.39, 0.29) is 11.9 Å². The first-order valence-electron chi connectivity index (χ1n) is 8.05. The molecule has 1 fully saturated rings. The largest absolute Gasteiger partial charge is 0.469 e.